The van der Waals surface area contributed by atoms with Crippen LogP contribution in [0.1, 0.15) is 46.5 Å². The van der Waals surface area contributed by atoms with Crippen LogP contribution in [0.3, 0.4) is 0 Å². The van der Waals surface area contributed by atoms with Crippen LogP contribution in [0.4, 0.5) is 4.79 Å². The second-order valence-corrected chi connectivity index (χ2v) is 8.05. The quantitative estimate of drug-likeness (QED) is 0.812. The van der Waals surface area contributed by atoms with Gasteiger partial charge in [0.2, 0.25) is 0 Å². The first-order valence-corrected chi connectivity index (χ1v) is 7.77. The molecular formula is C16H25NO4. The lowest BCUT2D eigenvalue weighted by Crippen LogP contribution is -2.48. The maximum absolute atomic E-state index is 12.3. The molecule has 5 nitrogen and oxygen atoms in total. The minimum atomic E-state index is -0.502. The molecule has 0 heterocycles. The molecule has 0 radical (unpaired) electrons. The highest BCUT2D eigenvalue weighted by Gasteiger charge is 2.74. The van der Waals surface area contributed by atoms with Crippen LogP contribution >= 0.6 is 0 Å². The smallest absolute Gasteiger partial charge is 0.407 e. The van der Waals surface area contributed by atoms with Crippen LogP contribution in [-0.4, -0.2) is 31.3 Å². The van der Waals surface area contributed by atoms with Gasteiger partial charge < -0.3 is 14.8 Å². The molecule has 118 valence electrons. The van der Waals surface area contributed by atoms with E-state index in [9.17, 15) is 9.59 Å². The minimum Gasteiger partial charge on any atom is -0.469 e. The number of alkyl carbamates (subject to hydrolysis) is 1. The third-order valence-corrected chi connectivity index (χ3v) is 5.76. The van der Waals surface area contributed by atoms with Gasteiger partial charge in [-0.05, 0) is 58.3 Å². The summed E-state index contributed by atoms with van der Waals surface area (Å²) in [5.41, 5.74) is -0.990. The third-order valence-electron chi connectivity index (χ3n) is 5.76. The molecule has 4 fully saturated rings. The lowest BCUT2D eigenvalue weighted by Gasteiger charge is -2.38. The van der Waals surface area contributed by atoms with Crippen molar-refractivity contribution in [3.63, 3.8) is 0 Å². The molecule has 4 aliphatic rings. The van der Waals surface area contributed by atoms with E-state index in [2.05, 4.69) is 5.32 Å². The summed E-state index contributed by atoms with van der Waals surface area (Å²) in [6.07, 6.45) is 3.52. The van der Waals surface area contributed by atoms with Crippen molar-refractivity contribution in [3.8, 4) is 0 Å². The van der Waals surface area contributed by atoms with Crippen molar-refractivity contribution in [2.45, 2.75) is 52.1 Å². The van der Waals surface area contributed by atoms with E-state index in [1.807, 2.05) is 20.8 Å². The first-order valence-electron chi connectivity index (χ1n) is 7.77. The first kappa shape index (κ1) is 14.7. The predicted octanol–water partition coefficient (Wildman–Crippen LogP) is 2.49. The molecule has 21 heavy (non-hydrogen) atoms. The maximum Gasteiger partial charge on any atom is 0.407 e. The van der Waals surface area contributed by atoms with Crippen LogP contribution in [0.15, 0.2) is 0 Å². The Morgan fingerprint density at radius 3 is 2.19 bits per heavy atom. The van der Waals surface area contributed by atoms with Crippen molar-refractivity contribution in [2.24, 2.45) is 22.7 Å². The van der Waals surface area contributed by atoms with Gasteiger partial charge in [0.25, 0.3) is 0 Å². The van der Waals surface area contributed by atoms with E-state index in [1.54, 1.807) is 0 Å². The van der Waals surface area contributed by atoms with E-state index in [-0.39, 0.29) is 16.8 Å². The molecule has 5 heteroatoms. The highest BCUT2D eigenvalue weighted by Crippen LogP contribution is 2.76. The van der Waals surface area contributed by atoms with Gasteiger partial charge in [-0.25, -0.2) is 4.79 Å². The second-order valence-electron chi connectivity index (χ2n) is 8.05. The van der Waals surface area contributed by atoms with Crippen LogP contribution in [0.5, 0.6) is 0 Å². The van der Waals surface area contributed by atoms with Crippen molar-refractivity contribution >= 4 is 12.1 Å². The molecule has 4 bridgehead atoms. The molecule has 0 aromatic carbocycles. The zero-order valence-electron chi connectivity index (χ0n) is 13.3. The molecule has 0 spiro atoms. The molecule has 4 saturated carbocycles. The summed E-state index contributed by atoms with van der Waals surface area (Å²) >= 11 is 0. The van der Waals surface area contributed by atoms with E-state index >= 15 is 0 Å². The average molecular weight is 295 g/mol. The van der Waals surface area contributed by atoms with Crippen molar-refractivity contribution < 1.29 is 19.1 Å². The number of methoxy groups -OCH3 is 1. The lowest BCUT2D eigenvalue weighted by atomic mass is 9.68. The SMILES string of the molecule is COC(=O)C12CC3CC1(CNC(=O)OC(C)(C)C)CC3C2. The van der Waals surface area contributed by atoms with Gasteiger partial charge >= 0.3 is 12.1 Å². The highest BCUT2D eigenvalue weighted by molar-refractivity contribution is 5.80. The number of esters is 1. The number of carbonyl (C=O) groups excluding carboxylic acids is 2. The third kappa shape index (κ3) is 2.04. The van der Waals surface area contributed by atoms with E-state index in [0.717, 1.165) is 25.7 Å². The Kier molecular flexibility index (Phi) is 3.05. The van der Waals surface area contributed by atoms with E-state index in [0.29, 0.717) is 18.4 Å². The Balaban J connectivity index is 1.70. The second kappa shape index (κ2) is 4.37. The fraction of sp³-hybridized carbons (Fsp3) is 0.875. The summed E-state index contributed by atoms with van der Waals surface area (Å²) in [6.45, 7) is 6.06. The summed E-state index contributed by atoms with van der Waals surface area (Å²) in [6, 6.07) is 0. The number of carbonyl (C=O) groups is 2. The number of nitrogens with one attached hydrogen (secondary N) is 1. The number of amides is 1. The van der Waals surface area contributed by atoms with E-state index in [1.165, 1.54) is 7.11 Å². The van der Waals surface area contributed by atoms with E-state index in [4.69, 9.17) is 9.47 Å². The topological polar surface area (TPSA) is 64.6 Å². The Labute approximate surface area is 125 Å². The monoisotopic (exact) mass is 295 g/mol. The summed E-state index contributed by atoms with van der Waals surface area (Å²) in [5, 5.41) is 2.89. The molecule has 0 aromatic heterocycles. The fourth-order valence-electron chi connectivity index (χ4n) is 5.15. The number of hydrogen-bond acceptors (Lipinski definition) is 4. The van der Waals surface area contributed by atoms with Gasteiger partial charge in [-0.1, -0.05) is 0 Å². The van der Waals surface area contributed by atoms with Gasteiger partial charge in [-0.15, -0.1) is 0 Å². The molecule has 2 unspecified atom stereocenters. The molecule has 0 aromatic rings. The molecule has 1 amide bonds. The zero-order valence-corrected chi connectivity index (χ0v) is 13.3. The minimum absolute atomic E-state index is 0.0870. The zero-order chi connectivity index (χ0) is 15.5. The van der Waals surface area contributed by atoms with Gasteiger partial charge in [0, 0.05) is 12.0 Å². The van der Waals surface area contributed by atoms with Crippen LogP contribution < -0.4 is 5.32 Å². The number of rotatable bonds is 3. The molecule has 0 saturated heterocycles. The lowest BCUT2D eigenvalue weighted by molar-refractivity contribution is -0.157. The van der Waals surface area contributed by atoms with Gasteiger partial charge in [-0.3, -0.25) is 4.79 Å². The molecule has 1 N–H and O–H groups in total. The maximum atomic E-state index is 12.3. The Morgan fingerprint density at radius 2 is 1.71 bits per heavy atom. The van der Waals surface area contributed by atoms with Crippen molar-refractivity contribution in [1.29, 1.82) is 0 Å². The molecular weight excluding hydrogens is 270 g/mol. The van der Waals surface area contributed by atoms with Crippen molar-refractivity contribution in [3.05, 3.63) is 0 Å². The van der Waals surface area contributed by atoms with E-state index < -0.39 is 11.7 Å². The number of hydrogen-bond donors (Lipinski definition) is 1. The molecule has 4 rings (SSSR count). The summed E-state index contributed by atoms with van der Waals surface area (Å²) in [5.74, 6) is 1.17. The Bertz CT molecular complexity index is 465. The van der Waals surface area contributed by atoms with Gasteiger partial charge in [0.05, 0.1) is 12.5 Å². The highest BCUT2D eigenvalue weighted by atomic mass is 16.6. The van der Waals surface area contributed by atoms with Crippen molar-refractivity contribution in [1.82, 2.24) is 5.32 Å². The van der Waals surface area contributed by atoms with Crippen molar-refractivity contribution in [2.75, 3.05) is 13.7 Å². The van der Waals surface area contributed by atoms with Crippen LogP contribution in [0.25, 0.3) is 0 Å². The molecule has 2 atom stereocenters. The Morgan fingerprint density at radius 1 is 1.14 bits per heavy atom. The van der Waals surface area contributed by atoms with Gasteiger partial charge in [0.15, 0.2) is 0 Å². The largest absolute Gasteiger partial charge is 0.469 e. The summed E-state index contributed by atoms with van der Waals surface area (Å²) in [7, 11) is 1.47. The fourth-order valence-corrected chi connectivity index (χ4v) is 5.15. The van der Waals surface area contributed by atoms with Crippen LogP contribution in [0.2, 0.25) is 0 Å². The first-order chi connectivity index (χ1) is 9.71. The normalized spacial score (nSPS) is 39.6. The standard InChI is InChI=1S/C16H25NO4/c1-14(2,3)21-13(19)17-9-15-5-10-7-16(15,12(18)20-4)8-11(10)6-15/h10-11H,5-9H2,1-4H3,(H,17,19). The average Bonchev–Trinajstić information content (AvgIpc) is 3.04. The summed E-state index contributed by atoms with van der Waals surface area (Å²) < 4.78 is 10.4. The Hall–Kier alpha value is -1.26. The molecule has 4 aliphatic carbocycles. The van der Waals surface area contributed by atoms with Gasteiger partial charge in [0.1, 0.15) is 5.60 Å². The summed E-state index contributed by atoms with van der Waals surface area (Å²) in [4.78, 5) is 24.2. The number of ether oxygens (including phenoxy) is 2. The van der Waals surface area contributed by atoms with Gasteiger partial charge in [-0.2, -0.15) is 0 Å². The molecule has 0 aliphatic heterocycles. The predicted molar refractivity (Wildman–Crippen MR) is 76.6 cm³/mol. The van der Waals surface area contributed by atoms with Crippen LogP contribution in [-0.2, 0) is 14.3 Å². The van der Waals surface area contributed by atoms with Crippen LogP contribution in [0, 0.1) is 22.7 Å².